The largest absolute Gasteiger partial charge is 0.338 e. The van der Waals surface area contributed by atoms with Gasteiger partial charge in [-0.15, -0.1) is 0 Å². The van der Waals surface area contributed by atoms with Crippen molar-refractivity contribution in [3.63, 3.8) is 0 Å². The van der Waals surface area contributed by atoms with Crippen LogP contribution in [0.3, 0.4) is 0 Å². The van der Waals surface area contributed by atoms with E-state index < -0.39 is 0 Å². The van der Waals surface area contributed by atoms with Gasteiger partial charge >= 0.3 is 0 Å². The molecule has 2 aromatic carbocycles. The van der Waals surface area contributed by atoms with Gasteiger partial charge in [0.1, 0.15) is 0 Å². The summed E-state index contributed by atoms with van der Waals surface area (Å²) in [6.45, 7) is 10.5. The van der Waals surface area contributed by atoms with Crippen molar-refractivity contribution in [2.24, 2.45) is 0 Å². The van der Waals surface area contributed by atoms with Gasteiger partial charge in [0.05, 0.1) is 11.3 Å². The molecule has 0 atom stereocenters. The minimum absolute atomic E-state index is 0.0719. The minimum Gasteiger partial charge on any atom is -0.338 e. The number of hydrogen-bond acceptors (Lipinski definition) is 5. The Morgan fingerprint density at radius 1 is 1.00 bits per heavy atom. The van der Waals surface area contributed by atoms with E-state index >= 15 is 0 Å². The molecule has 0 bridgehead atoms. The molecule has 0 unspecified atom stereocenters. The van der Waals surface area contributed by atoms with Crippen LogP contribution in [-0.2, 0) is 6.54 Å². The molecule has 172 valence electrons. The molecule has 1 amide bonds. The van der Waals surface area contributed by atoms with E-state index in [4.69, 9.17) is 4.98 Å². The summed E-state index contributed by atoms with van der Waals surface area (Å²) in [5, 5.41) is 0. The first kappa shape index (κ1) is 22.9. The number of carbonyl (C=O) groups is 1. The van der Waals surface area contributed by atoms with Crippen LogP contribution in [0.15, 0.2) is 48.7 Å². The highest BCUT2D eigenvalue weighted by Crippen LogP contribution is 2.28. The van der Waals surface area contributed by atoms with Gasteiger partial charge in [0.15, 0.2) is 0 Å². The lowest BCUT2D eigenvalue weighted by Gasteiger charge is -2.32. The molecule has 4 rings (SSSR count). The lowest BCUT2D eigenvalue weighted by molar-refractivity contribution is 0.0785. The minimum atomic E-state index is -0.0719. The second kappa shape index (κ2) is 9.71. The van der Waals surface area contributed by atoms with Gasteiger partial charge in [0.2, 0.25) is 5.95 Å². The molecule has 2 heterocycles. The highest BCUT2D eigenvalue weighted by atomic mass is 16.2. The predicted octanol–water partition coefficient (Wildman–Crippen LogP) is 4.09. The summed E-state index contributed by atoms with van der Waals surface area (Å²) in [4.78, 5) is 29.4. The van der Waals surface area contributed by atoms with Gasteiger partial charge in [-0.25, -0.2) is 9.97 Å². The van der Waals surface area contributed by atoms with Crippen molar-refractivity contribution in [2.45, 2.75) is 27.3 Å². The Bertz CT molecular complexity index is 1130. The van der Waals surface area contributed by atoms with Crippen LogP contribution in [0.25, 0.3) is 11.3 Å². The topological polar surface area (TPSA) is 52.6 Å². The van der Waals surface area contributed by atoms with E-state index in [1.54, 1.807) is 11.1 Å². The number of likely N-dealkylation sites (N-methyl/N-ethyl adjacent to an activating group) is 1. The first-order valence-corrected chi connectivity index (χ1v) is 11.5. The zero-order valence-corrected chi connectivity index (χ0v) is 20.3. The Hall–Kier alpha value is -3.25. The quantitative estimate of drug-likeness (QED) is 0.594. The first-order valence-electron chi connectivity index (χ1n) is 11.5. The van der Waals surface area contributed by atoms with Crippen LogP contribution < -0.4 is 4.90 Å². The summed E-state index contributed by atoms with van der Waals surface area (Å²) >= 11 is 0. The standard InChI is InChI=1S/C27H33N5O/c1-19-14-20(2)16-22(15-19)18-31(5)26(33)24-17-28-27(32-12-10-30(4)11-13-32)29-25(24)23-9-7-6-8-21(23)3/h6-9,14-17H,10-13,18H2,1-5H3. The number of nitrogens with zero attached hydrogens (tertiary/aromatic N) is 5. The number of benzene rings is 2. The third kappa shape index (κ3) is 5.22. The highest BCUT2D eigenvalue weighted by Gasteiger charge is 2.23. The molecule has 3 aromatic rings. The highest BCUT2D eigenvalue weighted by molar-refractivity contribution is 6.00. The third-order valence-corrected chi connectivity index (χ3v) is 6.24. The van der Waals surface area contributed by atoms with E-state index in [0.717, 1.165) is 42.9 Å². The molecular formula is C27H33N5O. The molecule has 1 saturated heterocycles. The van der Waals surface area contributed by atoms with Gasteiger partial charge in [-0.05, 0) is 38.9 Å². The van der Waals surface area contributed by atoms with Crippen LogP contribution in [0.2, 0.25) is 0 Å². The van der Waals surface area contributed by atoms with Gasteiger partial charge < -0.3 is 14.7 Å². The summed E-state index contributed by atoms with van der Waals surface area (Å²) in [6.07, 6.45) is 1.71. The zero-order valence-electron chi connectivity index (χ0n) is 20.3. The van der Waals surface area contributed by atoms with Gasteiger partial charge in [0.25, 0.3) is 5.91 Å². The van der Waals surface area contributed by atoms with E-state index in [0.29, 0.717) is 23.8 Å². The Labute approximate surface area is 196 Å². The van der Waals surface area contributed by atoms with Crippen LogP contribution in [0.5, 0.6) is 0 Å². The fraction of sp³-hybridized carbons (Fsp3) is 0.370. The second-order valence-electron chi connectivity index (χ2n) is 9.19. The van der Waals surface area contributed by atoms with Gasteiger partial charge in [-0.1, -0.05) is 53.6 Å². The number of rotatable bonds is 5. The lowest BCUT2D eigenvalue weighted by Crippen LogP contribution is -2.45. The molecule has 6 nitrogen and oxygen atoms in total. The zero-order chi connectivity index (χ0) is 23.5. The first-order chi connectivity index (χ1) is 15.8. The molecule has 1 fully saturated rings. The molecule has 0 aliphatic carbocycles. The van der Waals surface area contributed by atoms with Crippen molar-refractivity contribution in [3.8, 4) is 11.3 Å². The summed E-state index contributed by atoms with van der Waals surface area (Å²) in [5.74, 6) is 0.618. The number of aryl methyl sites for hydroxylation is 3. The monoisotopic (exact) mass is 443 g/mol. The second-order valence-corrected chi connectivity index (χ2v) is 9.19. The van der Waals surface area contributed by atoms with Crippen molar-refractivity contribution in [1.82, 2.24) is 19.8 Å². The summed E-state index contributed by atoms with van der Waals surface area (Å²) < 4.78 is 0. The van der Waals surface area contributed by atoms with Crippen LogP contribution in [-0.4, -0.2) is 65.9 Å². The van der Waals surface area contributed by atoms with Crippen molar-refractivity contribution in [2.75, 3.05) is 45.2 Å². The maximum Gasteiger partial charge on any atom is 0.257 e. The summed E-state index contributed by atoms with van der Waals surface area (Å²) in [5.41, 5.74) is 6.82. The van der Waals surface area contributed by atoms with Crippen LogP contribution in [0.1, 0.15) is 32.6 Å². The van der Waals surface area contributed by atoms with Crippen molar-refractivity contribution < 1.29 is 4.79 Å². The molecule has 0 saturated carbocycles. The Kier molecular flexibility index (Phi) is 6.75. The number of carbonyl (C=O) groups excluding carboxylic acids is 1. The van der Waals surface area contributed by atoms with Crippen molar-refractivity contribution in [1.29, 1.82) is 0 Å². The molecule has 1 aliphatic rings. The van der Waals surface area contributed by atoms with E-state index in [1.165, 1.54) is 11.1 Å². The summed E-state index contributed by atoms with van der Waals surface area (Å²) in [6, 6.07) is 14.5. The van der Waals surface area contributed by atoms with Crippen molar-refractivity contribution >= 4 is 11.9 Å². The van der Waals surface area contributed by atoms with Gasteiger partial charge in [0, 0.05) is 51.5 Å². The normalized spacial score (nSPS) is 14.4. The Morgan fingerprint density at radius 2 is 1.67 bits per heavy atom. The molecule has 0 radical (unpaired) electrons. The molecule has 1 aromatic heterocycles. The van der Waals surface area contributed by atoms with E-state index in [1.807, 2.05) is 25.2 Å². The fourth-order valence-corrected chi connectivity index (χ4v) is 4.44. The number of amides is 1. The average Bonchev–Trinajstić information content (AvgIpc) is 2.78. The maximum absolute atomic E-state index is 13.6. The molecule has 0 spiro atoms. The van der Waals surface area contributed by atoms with Gasteiger partial charge in [-0.2, -0.15) is 0 Å². The Balaban J connectivity index is 1.69. The van der Waals surface area contributed by atoms with Crippen LogP contribution in [0.4, 0.5) is 5.95 Å². The van der Waals surface area contributed by atoms with Crippen molar-refractivity contribution in [3.05, 3.63) is 76.5 Å². The molecule has 1 aliphatic heterocycles. The number of hydrogen-bond donors (Lipinski definition) is 0. The molecule has 33 heavy (non-hydrogen) atoms. The predicted molar refractivity (Wildman–Crippen MR) is 134 cm³/mol. The van der Waals surface area contributed by atoms with E-state index in [9.17, 15) is 4.79 Å². The number of anilines is 1. The Morgan fingerprint density at radius 3 is 2.33 bits per heavy atom. The fourth-order valence-electron chi connectivity index (χ4n) is 4.44. The molecule has 0 N–H and O–H groups in total. The number of aromatic nitrogens is 2. The summed E-state index contributed by atoms with van der Waals surface area (Å²) in [7, 11) is 3.97. The van der Waals surface area contributed by atoms with Crippen LogP contribution in [0, 0.1) is 20.8 Å². The SMILES string of the molecule is Cc1cc(C)cc(CN(C)C(=O)c2cnc(N3CCN(C)CC3)nc2-c2ccccc2C)c1. The van der Waals surface area contributed by atoms with Crippen LogP contribution >= 0.6 is 0 Å². The smallest absolute Gasteiger partial charge is 0.257 e. The van der Waals surface area contributed by atoms with Gasteiger partial charge in [-0.3, -0.25) is 4.79 Å². The maximum atomic E-state index is 13.6. The molecular weight excluding hydrogens is 410 g/mol. The third-order valence-electron chi connectivity index (χ3n) is 6.24. The van der Waals surface area contributed by atoms with E-state index in [2.05, 4.69) is 66.9 Å². The average molecular weight is 444 g/mol. The number of piperazine rings is 1. The molecule has 6 heteroatoms. The lowest BCUT2D eigenvalue weighted by atomic mass is 10.0. The van der Waals surface area contributed by atoms with E-state index in [-0.39, 0.29) is 5.91 Å².